The minimum absolute atomic E-state index is 0.0582. The fourth-order valence-electron chi connectivity index (χ4n) is 2.11. The smallest absolute Gasteiger partial charge is 0.277 e. The van der Waals surface area contributed by atoms with E-state index in [2.05, 4.69) is 4.98 Å². The average Bonchev–Trinajstić information content (AvgIpc) is 2.42. The van der Waals surface area contributed by atoms with Gasteiger partial charge in [0.1, 0.15) is 17.5 Å². The third-order valence-electron chi connectivity index (χ3n) is 3.19. The molecular weight excluding hydrogens is 256 g/mol. The lowest BCUT2D eigenvalue weighted by Gasteiger charge is -2.12. The highest BCUT2D eigenvalue weighted by molar-refractivity contribution is 5.83. The Bertz CT molecular complexity index is 748. The van der Waals surface area contributed by atoms with Crippen molar-refractivity contribution in [3.8, 4) is 17.2 Å². The molecule has 0 fully saturated rings. The maximum absolute atomic E-state index is 11.2. The number of aryl methyl sites for hydroxylation is 1. The first-order valence-electron chi connectivity index (χ1n) is 5.88. The first-order valence-corrected chi connectivity index (χ1v) is 5.88. The third-order valence-corrected chi connectivity index (χ3v) is 3.19. The zero-order valence-electron chi connectivity index (χ0n) is 11.0. The van der Waals surface area contributed by atoms with Crippen LogP contribution in [0.4, 0.5) is 11.5 Å². The van der Waals surface area contributed by atoms with Crippen LogP contribution >= 0.6 is 0 Å². The van der Waals surface area contributed by atoms with Gasteiger partial charge < -0.3 is 5.73 Å². The third kappa shape index (κ3) is 2.06. The highest BCUT2D eigenvalue weighted by Crippen LogP contribution is 2.36. The van der Waals surface area contributed by atoms with Crippen molar-refractivity contribution in [2.45, 2.75) is 13.8 Å². The van der Waals surface area contributed by atoms with Gasteiger partial charge in [0.15, 0.2) is 0 Å². The van der Waals surface area contributed by atoms with Crippen LogP contribution < -0.4 is 5.73 Å². The topological polar surface area (TPSA) is 106 Å². The van der Waals surface area contributed by atoms with Crippen LogP contribution in [0.2, 0.25) is 0 Å². The van der Waals surface area contributed by atoms with Crippen molar-refractivity contribution in [1.29, 1.82) is 5.26 Å². The van der Waals surface area contributed by atoms with Crippen molar-refractivity contribution in [2.75, 3.05) is 5.73 Å². The second kappa shape index (κ2) is 4.97. The van der Waals surface area contributed by atoms with E-state index in [1.54, 1.807) is 32.0 Å². The number of para-hydroxylation sites is 1. The number of anilines is 1. The number of nitro benzene ring substituents is 1. The Morgan fingerprint density at radius 2 is 2.00 bits per heavy atom. The summed E-state index contributed by atoms with van der Waals surface area (Å²) in [7, 11) is 0. The van der Waals surface area contributed by atoms with E-state index in [0.717, 1.165) is 0 Å². The maximum Gasteiger partial charge on any atom is 0.277 e. The number of benzene rings is 1. The van der Waals surface area contributed by atoms with Gasteiger partial charge in [-0.3, -0.25) is 10.1 Å². The van der Waals surface area contributed by atoms with Gasteiger partial charge in [0.2, 0.25) is 0 Å². The first-order chi connectivity index (χ1) is 9.47. The van der Waals surface area contributed by atoms with E-state index in [9.17, 15) is 15.4 Å². The van der Waals surface area contributed by atoms with Gasteiger partial charge in [-0.2, -0.15) is 5.26 Å². The van der Waals surface area contributed by atoms with Crippen molar-refractivity contribution in [2.24, 2.45) is 0 Å². The number of nitrogen functional groups attached to an aromatic ring is 1. The number of pyridine rings is 1. The Labute approximate surface area is 115 Å². The van der Waals surface area contributed by atoms with Gasteiger partial charge in [-0.25, -0.2) is 4.98 Å². The molecule has 1 aromatic carbocycles. The monoisotopic (exact) mass is 268 g/mol. The van der Waals surface area contributed by atoms with Gasteiger partial charge in [-0.1, -0.05) is 12.1 Å². The van der Waals surface area contributed by atoms with Gasteiger partial charge in [-0.05, 0) is 25.5 Å². The van der Waals surface area contributed by atoms with Crippen molar-refractivity contribution < 1.29 is 4.92 Å². The number of nitrogens with zero attached hydrogens (tertiary/aromatic N) is 3. The molecule has 0 radical (unpaired) electrons. The number of nitrogens with two attached hydrogens (primary N) is 1. The van der Waals surface area contributed by atoms with E-state index >= 15 is 0 Å². The minimum Gasteiger partial charge on any atom is -0.383 e. The van der Waals surface area contributed by atoms with E-state index in [-0.39, 0.29) is 17.1 Å². The summed E-state index contributed by atoms with van der Waals surface area (Å²) in [6, 6.07) is 8.28. The molecule has 0 saturated carbocycles. The highest BCUT2D eigenvalue weighted by Gasteiger charge is 2.22. The Balaban J connectivity index is 2.90. The van der Waals surface area contributed by atoms with E-state index in [4.69, 9.17) is 5.73 Å². The van der Waals surface area contributed by atoms with E-state index < -0.39 is 4.92 Å². The molecule has 0 atom stereocenters. The molecule has 6 nitrogen and oxygen atoms in total. The first kappa shape index (κ1) is 13.5. The quantitative estimate of drug-likeness (QED) is 0.665. The summed E-state index contributed by atoms with van der Waals surface area (Å²) in [4.78, 5) is 14.8. The van der Waals surface area contributed by atoms with Gasteiger partial charge in [-0.15, -0.1) is 0 Å². The SMILES string of the molecule is Cc1nc(N)c(C#N)c(-c2ccccc2[N+](=O)[O-])c1C. The Morgan fingerprint density at radius 1 is 1.35 bits per heavy atom. The van der Waals surface area contributed by atoms with Gasteiger partial charge in [0.05, 0.1) is 10.5 Å². The molecule has 0 aliphatic carbocycles. The largest absolute Gasteiger partial charge is 0.383 e. The molecule has 2 aromatic rings. The summed E-state index contributed by atoms with van der Waals surface area (Å²) in [5.41, 5.74) is 8.09. The fourth-order valence-corrected chi connectivity index (χ4v) is 2.11. The minimum atomic E-state index is -0.470. The molecule has 0 aliphatic rings. The standard InChI is InChI=1S/C14H12N4O2/c1-8-9(2)17-14(16)11(7-15)13(8)10-5-3-4-6-12(10)18(19)20/h3-6H,1-2H3,(H2,16,17). The van der Waals surface area contributed by atoms with Crippen LogP contribution in [0.25, 0.3) is 11.1 Å². The number of aromatic nitrogens is 1. The lowest BCUT2D eigenvalue weighted by molar-refractivity contribution is -0.384. The number of hydrogen-bond acceptors (Lipinski definition) is 5. The molecule has 0 saturated heterocycles. The van der Waals surface area contributed by atoms with E-state index in [1.165, 1.54) is 6.07 Å². The lowest BCUT2D eigenvalue weighted by Crippen LogP contribution is -2.04. The van der Waals surface area contributed by atoms with Crippen LogP contribution in [0.1, 0.15) is 16.8 Å². The Kier molecular flexibility index (Phi) is 3.36. The molecule has 1 aromatic heterocycles. The molecular formula is C14H12N4O2. The Morgan fingerprint density at radius 3 is 2.60 bits per heavy atom. The van der Waals surface area contributed by atoms with Crippen LogP contribution in [0, 0.1) is 35.3 Å². The summed E-state index contributed by atoms with van der Waals surface area (Å²) in [5, 5.41) is 20.4. The van der Waals surface area contributed by atoms with Crippen LogP contribution in [0.15, 0.2) is 24.3 Å². The normalized spacial score (nSPS) is 10.1. The average molecular weight is 268 g/mol. The van der Waals surface area contributed by atoms with Gasteiger partial charge >= 0.3 is 0 Å². The highest BCUT2D eigenvalue weighted by atomic mass is 16.6. The maximum atomic E-state index is 11.2. The molecule has 20 heavy (non-hydrogen) atoms. The molecule has 1 heterocycles. The summed E-state index contributed by atoms with van der Waals surface area (Å²) < 4.78 is 0. The lowest BCUT2D eigenvalue weighted by atomic mass is 9.94. The molecule has 100 valence electrons. The molecule has 0 spiro atoms. The van der Waals surface area contributed by atoms with Gasteiger partial charge in [0.25, 0.3) is 5.69 Å². The molecule has 2 rings (SSSR count). The van der Waals surface area contributed by atoms with Crippen molar-refractivity contribution in [3.05, 3.63) is 51.2 Å². The molecule has 0 aliphatic heterocycles. The zero-order chi connectivity index (χ0) is 14.9. The molecule has 0 bridgehead atoms. The number of hydrogen-bond donors (Lipinski definition) is 1. The van der Waals surface area contributed by atoms with Crippen molar-refractivity contribution in [3.63, 3.8) is 0 Å². The summed E-state index contributed by atoms with van der Waals surface area (Å²) in [5.74, 6) is 0.0868. The van der Waals surface area contributed by atoms with E-state index in [0.29, 0.717) is 22.4 Å². The number of nitriles is 1. The molecule has 2 N–H and O–H groups in total. The summed E-state index contributed by atoms with van der Waals surface area (Å²) in [6.45, 7) is 3.53. The summed E-state index contributed by atoms with van der Waals surface area (Å²) >= 11 is 0. The van der Waals surface area contributed by atoms with Crippen molar-refractivity contribution in [1.82, 2.24) is 4.98 Å². The van der Waals surface area contributed by atoms with Crippen LogP contribution in [-0.2, 0) is 0 Å². The predicted molar refractivity (Wildman–Crippen MR) is 74.9 cm³/mol. The molecule has 6 heteroatoms. The van der Waals surface area contributed by atoms with Crippen molar-refractivity contribution >= 4 is 11.5 Å². The number of rotatable bonds is 2. The predicted octanol–water partition coefficient (Wildman–Crippen LogP) is 2.73. The molecule has 0 unspecified atom stereocenters. The van der Waals surface area contributed by atoms with Gasteiger partial charge in [0, 0.05) is 17.3 Å². The molecule has 0 amide bonds. The fraction of sp³-hybridized carbons (Fsp3) is 0.143. The van der Waals surface area contributed by atoms with Crippen LogP contribution in [0.5, 0.6) is 0 Å². The van der Waals surface area contributed by atoms with E-state index in [1.807, 2.05) is 6.07 Å². The van der Waals surface area contributed by atoms with Crippen LogP contribution in [-0.4, -0.2) is 9.91 Å². The van der Waals surface area contributed by atoms with Crippen LogP contribution in [0.3, 0.4) is 0 Å². The second-order valence-electron chi connectivity index (χ2n) is 4.34. The Hall–Kier alpha value is -2.94. The zero-order valence-corrected chi connectivity index (χ0v) is 11.0. The number of nitro groups is 1. The summed E-state index contributed by atoms with van der Waals surface area (Å²) in [6.07, 6.45) is 0. The second-order valence-corrected chi connectivity index (χ2v) is 4.34.